The van der Waals surface area contributed by atoms with E-state index in [-0.39, 0.29) is 0 Å². The molecule has 9 aromatic carbocycles. The Morgan fingerprint density at radius 3 is 1.70 bits per heavy atom. The third-order valence-corrected chi connectivity index (χ3v) is 13.6. The number of benzene rings is 9. The fourth-order valence-electron chi connectivity index (χ4n) is 10.5. The standard InChI is InChI=1S/C62H38N4O/c1-3-13-39(14-4-1)40-24-26-41(27-25-40)49-38-60(64-53-20-12-34-63-62(49)53)66-55-22-10-8-18-48(55)51-37-44(29-32-57(51)66)46-19-11-23-59-61(46)52-36-43(30-33-58(52)67-59)42-28-31-56-50(35-42)47-17-7-9-21-54(47)65(56)45-15-5-2-6-16-45/h1-38H. The highest BCUT2D eigenvalue weighted by atomic mass is 16.3. The van der Waals surface area contributed by atoms with Crippen LogP contribution in [0.5, 0.6) is 0 Å². The van der Waals surface area contributed by atoms with E-state index in [9.17, 15) is 0 Å². The molecular formula is C62H38N4O. The number of para-hydroxylation sites is 3. The second-order valence-electron chi connectivity index (χ2n) is 17.3. The number of fused-ring (bicyclic) bond motifs is 10. The summed E-state index contributed by atoms with van der Waals surface area (Å²) in [6, 6.07) is 80.2. The van der Waals surface area contributed by atoms with Crippen molar-refractivity contribution >= 4 is 76.6 Å². The summed E-state index contributed by atoms with van der Waals surface area (Å²) in [4.78, 5) is 10.1. The lowest BCUT2D eigenvalue weighted by atomic mass is 9.96. The van der Waals surface area contributed by atoms with Crippen LogP contribution in [0.25, 0.3) is 133 Å². The average Bonchev–Trinajstić information content (AvgIpc) is 4.06. The summed E-state index contributed by atoms with van der Waals surface area (Å²) >= 11 is 0. The molecule has 5 heteroatoms. The molecule has 0 aliphatic heterocycles. The monoisotopic (exact) mass is 854 g/mol. The maximum absolute atomic E-state index is 6.60. The van der Waals surface area contributed by atoms with Crippen molar-refractivity contribution in [2.45, 2.75) is 0 Å². The van der Waals surface area contributed by atoms with Crippen LogP contribution in [0.15, 0.2) is 235 Å². The van der Waals surface area contributed by atoms with E-state index in [1.165, 1.54) is 32.9 Å². The second kappa shape index (κ2) is 14.7. The summed E-state index contributed by atoms with van der Waals surface area (Å²) in [7, 11) is 0. The SMILES string of the molecule is c1ccc(-c2ccc(-c3cc(-n4c5ccccc5c5cc(-c6cccc7oc8ccc(-c9ccc%10c(c9)c9ccccc9n%10-c9ccccc9)cc8c67)ccc54)nc4cccnc34)cc2)cc1. The van der Waals surface area contributed by atoms with Crippen molar-refractivity contribution in [2.24, 2.45) is 0 Å². The lowest BCUT2D eigenvalue weighted by Crippen LogP contribution is -2.00. The fourth-order valence-corrected chi connectivity index (χ4v) is 10.5. The largest absolute Gasteiger partial charge is 0.456 e. The molecule has 0 unspecified atom stereocenters. The van der Waals surface area contributed by atoms with Gasteiger partial charge in [0.15, 0.2) is 0 Å². The topological polar surface area (TPSA) is 48.8 Å². The Morgan fingerprint density at radius 2 is 0.925 bits per heavy atom. The molecule has 0 bridgehead atoms. The molecule has 0 spiro atoms. The second-order valence-corrected chi connectivity index (χ2v) is 17.3. The summed E-state index contributed by atoms with van der Waals surface area (Å²) in [5.41, 5.74) is 18.2. The molecule has 0 saturated carbocycles. The van der Waals surface area contributed by atoms with E-state index in [2.05, 4.69) is 228 Å². The number of hydrogen-bond donors (Lipinski definition) is 0. The van der Waals surface area contributed by atoms with Crippen LogP contribution in [0.3, 0.4) is 0 Å². The number of pyridine rings is 2. The van der Waals surface area contributed by atoms with E-state index in [1.807, 2.05) is 12.3 Å². The number of nitrogens with zero attached hydrogens (tertiary/aromatic N) is 4. The van der Waals surface area contributed by atoms with Crippen molar-refractivity contribution in [3.8, 4) is 56.0 Å². The summed E-state index contributed by atoms with van der Waals surface area (Å²) in [5.74, 6) is 0.847. The Kier molecular flexibility index (Phi) is 8.21. The van der Waals surface area contributed by atoms with Crippen LogP contribution in [0.2, 0.25) is 0 Å². The zero-order valence-corrected chi connectivity index (χ0v) is 36.1. The van der Waals surface area contributed by atoms with Gasteiger partial charge in [-0.2, -0.15) is 0 Å². The Hall–Kier alpha value is -9.06. The lowest BCUT2D eigenvalue weighted by Gasteiger charge is -2.13. The van der Waals surface area contributed by atoms with Crippen LogP contribution in [0, 0.1) is 0 Å². The highest BCUT2D eigenvalue weighted by molar-refractivity contribution is 6.16. The molecule has 5 nitrogen and oxygen atoms in total. The van der Waals surface area contributed by atoms with Gasteiger partial charge in [0.25, 0.3) is 0 Å². The van der Waals surface area contributed by atoms with Gasteiger partial charge >= 0.3 is 0 Å². The predicted octanol–water partition coefficient (Wildman–Crippen LogP) is 16.4. The van der Waals surface area contributed by atoms with E-state index in [0.717, 1.165) is 99.7 Å². The minimum Gasteiger partial charge on any atom is -0.456 e. The Balaban J connectivity index is 0.903. The van der Waals surface area contributed by atoms with Crippen LogP contribution in [0.4, 0.5) is 0 Å². The van der Waals surface area contributed by atoms with Gasteiger partial charge in [-0.05, 0) is 124 Å². The van der Waals surface area contributed by atoms with Crippen molar-refractivity contribution in [1.82, 2.24) is 19.1 Å². The summed E-state index contributed by atoms with van der Waals surface area (Å²) in [5, 5.41) is 6.98. The molecule has 67 heavy (non-hydrogen) atoms. The van der Waals surface area contributed by atoms with Gasteiger partial charge in [-0.15, -0.1) is 0 Å². The molecule has 5 aromatic heterocycles. The van der Waals surface area contributed by atoms with Crippen LogP contribution >= 0.6 is 0 Å². The van der Waals surface area contributed by atoms with Crippen LogP contribution in [0.1, 0.15) is 0 Å². The number of furan rings is 1. The molecule has 0 radical (unpaired) electrons. The lowest BCUT2D eigenvalue weighted by molar-refractivity contribution is 0.669. The molecule has 0 amide bonds. The number of aromatic nitrogens is 4. The Bertz CT molecular complexity index is 4260. The summed E-state index contributed by atoms with van der Waals surface area (Å²) < 4.78 is 11.3. The molecule has 14 rings (SSSR count). The summed E-state index contributed by atoms with van der Waals surface area (Å²) in [6.45, 7) is 0. The van der Waals surface area contributed by atoms with Crippen LogP contribution in [-0.4, -0.2) is 19.1 Å². The maximum atomic E-state index is 6.60. The van der Waals surface area contributed by atoms with E-state index in [0.29, 0.717) is 0 Å². The maximum Gasteiger partial charge on any atom is 0.139 e. The van der Waals surface area contributed by atoms with Gasteiger partial charge in [0, 0.05) is 49.8 Å². The van der Waals surface area contributed by atoms with E-state index in [1.54, 1.807) is 0 Å². The molecular weight excluding hydrogens is 817 g/mol. The van der Waals surface area contributed by atoms with Gasteiger partial charge in [-0.1, -0.05) is 140 Å². The molecule has 0 aliphatic rings. The first-order valence-corrected chi connectivity index (χ1v) is 22.7. The highest BCUT2D eigenvalue weighted by Crippen LogP contribution is 2.43. The molecule has 0 N–H and O–H groups in total. The van der Waals surface area contributed by atoms with Crippen molar-refractivity contribution in [1.29, 1.82) is 0 Å². The van der Waals surface area contributed by atoms with Gasteiger partial charge in [0.05, 0.1) is 33.1 Å². The van der Waals surface area contributed by atoms with E-state index in [4.69, 9.17) is 14.4 Å². The van der Waals surface area contributed by atoms with Gasteiger partial charge in [-0.25, -0.2) is 4.98 Å². The van der Waals surface area contributed by atoms with Gasteiger partial charge < -0.3 is 8.98 Å². The molecule has 312 valence electrons. The van der Waals surface area contributed by atoms with Crippen molar-refractivity contribution < 1.29 is 4.42 Å². The van der Waals surface area contributed by atoms with Crippen molar-refractivity contribution in [2.75, 3.05) is 0 Å². The zero-order valence-electron chi connectivity index (χ0n) is 36.1. The third kappa shape index (κ3) is 5.88. The minimum atomic E-state index is 0.847. The number of hydrogen-bond acceptors (Lipinski definition) is 3. The van der Waals surface area contributed by atoms with Gasteiger partial charge in [-0.3, -0.25) is 9.55 Å². The van der Waals surface area contributed by atoms with Gasteiger partial charge in [0.1, 0.15) is 17.0 Å². The quantitative estimate of drug-likeness (QED) is 0.167. The molecule has 0 fully saturated rings. The molecule has 0 saturated heterocycles. The third-order valence-electron chi connectivity index (χ3n) is 13.6. The fraction of sp³-hybridized carbons (Fsp3) is 0. The molecule has 0 atom stereocenters. The predicted molar refractivity (Wildman–Crippen MR) is 277 cm³/mol. The van der Waals surface area contributed by atoms with E-state index >= 15 is 0 Å². The Morgan fingerprint density at radius 1 is 0.343 bits per heavy atom. The first-order chi connectivity index (χ1) is 33.2. The molecule has 5 heterocycles. The van der Waals surface area contributed by atoms with Gasteiger partial charge in [0.2, 0.25) is 0 Å². The minimum absolute atomic E-state index is 0.847. The van der Waals surface area contributed by atoms with Crippen molar-refractivity contribution in [3.05, 3.63) is 231 Å². The normalized spacial score (nSPS) is 11.9. The van der Waals surface area contributed by atoms with Crippen molar-refractivity contribution in [3.63, 3.8) is 0 Å². The molecule has 0 aliphatic carbocycles. The smallest absolute Gasteiger partial charge is 0.139 e. The first-order valence-electron chi connectivity index (χ1n) is 22.7. The average molecular weight is 855 g/mol. The zero-order chi connectivity index (χ0) is 44.0. The van der Waals surface area contributed by atoms with Crippen LogP contribution < -0.4 is 0 Å². The summed E-state index contributed by atoms with van der Waals surface area (Å²) in [6.07, 6.45) is 1.85. The van der Waals surface area contributed by atoms with E-state index < -0.39 is 0 Å². The molecule has 14 aromatic rings. The number of rotatable bonds is 6. The highest BCUT2D eigenvalue weighted by Gasteiger charge is 2.20. The Labute approximate surface area is 385 Å². The van der Waals surface area contributed by atoms with Crippen LogP contribution in [-0.2, 0) is 0 Å². The first kappa shape index (κ1) is 37.3.